The second kappa shape index (κ2) is 11.6. The minimum absolute atomic E-state index is 0. The monoisotopic (exact) mass is 481 g/mol. The Balaban J connectivity index is 0.00000324. The van der Waals surface area contributed by atoms with Crippen molar-refractivity contribution in [2.75, 3.05) is 11.9 Å². The van der Waals surface area contributed by atoms with Gasteiger partial charge in [0.25, 0.3) is 0 Å². The molecule has 0 saturated heterocycles. The van der Waals surface area contributed by atoms with Gasteiger partial charge in [-0.25, -0.2) is 0 Å². The molecule has 7 nitrogen and oxygen atoms in total. The fourth-order valence-electron chi connectivity index (χ4n) is 4.24. The van der Waals surface area contributed by atoms with Crippen LogP contribution >= 0.6 is 12.4 Å². The fourth-order valence-corrected chi connectivity index (χ4v) is 4.24. The van der Waals surface area contributed by atoms with Crippen molar-refractivity contribution in [1.82, 2.24) is 10.6 Å². The zero-order chi connectivity index (χ0) is 23.2. The summed E-state index contributed by atoms with van der Waals surface area (Å²) in [7, 11) is 0. The molecular formula is C26H28ClN3O4. The van der Waals surface area contributed by atoms with Gasteiger partial charge in [-0.05, 0) is 52.6 Å². The lowest BCUT2D eigenvalue weighted by Crippen LogP contribution is -2.31. The average molecular weight is 482 g/mol. The standard InChI is InChI=1S/C26H27N3O4.ClH/c30-24(28-20-9-8-17-12-13-27-16-19(17)14-20)10-11-25(31)29-23(15-26(32)33)22-7-3-5-18-4-1-2-6-21(18)22;/h1-9,14,23,27H,10-13,15-16H2,(H,28,30)(H,29,31)(H,32,33);1H. The highest BCUT2D eigenvalue weighted by Crippen LogP contribution is 2.26. The third-order valence-corrected chi connectivity index (χ3v) is 5.87. The normalized spacial score (nSPS) is 13.3. The fraction of sp³-hybridized carbons (Fsp3) is 0.269. The molecule has 1 aliphatic rings. The lowest BCUT2D eigenvalue weighted by molar-refractivity contribution is -0.138. The van der Waals surface area contributed by atoms with Gasteiger partial charge in [0.1, 0.15) is 0 Å². The summed E-state index contributed by atoms with van der Waals surface area (Å²) >= 11 is 0. The number of aliphatic carboxylic acids is 1. The largest absolute Gasteiger partial charge is 0.481 e. The number of amides is 2. The predicted molar refractivity (Wildman–Crippen MR) is 134 cm³/mol. The highest BCUT2D eigenvalue weighted by molar-refractivity contribution is 5.93. The maximum absolute atomic E-state index is 12.6. The van der Waals surface area contributed by atoms with Crippen LogP contribution in [0.5, 0.6) is 0 Å². The predicted octanol–water partition coefficient (Wildman–Crippen LogP) is 3.96. The first-order chi connectivity index (χ1) is 16.0. The van der Waals surface area contributed by atoms with E-state index in [1.54, 1.807) is 0 Å². The molecule has 1 atom stereocenters. The van der Waals surface area contributed by atoms with Crippen LogP contribution in [0.4, 0.5) is 5.69 Å². The maximum atomic E-state index is 12.6. The lowest BCUT2D eigenvalue weighted by Gasteiger charge is -2.20. The second-order valence-electron chi connectivity index (χ2n) is 8.24. The van der Waals surface area contributed by atoms with Gasteiger partial charge in [0.15, 0.2) is 0 Å². The van der Waals surface area contributed by atoms with Crippen LogP contribution in [0.15, 0.2) is 60.7 Å². The number of carboxylic acids is 1. The molecule has 0 bridgehead atoms. The lowest BCUT2D eigenvalue weighted by atomic mass is 9.96. The van der Waals surface area contributed by atoms with E-state index in [1.165, 1.54) is 11.1 Å². The third kappa shape index (κ3) is 6.34. The summed E-state index contributed by atoms with van der Waals surface area (Å²) in [6.45, 7) is 1.73. The van der Waals surface area contributed by atoms with Crippen LogP contribution in [-0.2, 0) is 27.3 Å². The number of anilines is 1. The van der Waals surface area contributed by atoms with E-state index in [9.17, 15) is 19.5 Å². The van der Waals surface area contributed by atoms with E-state index in [-0.39, 0.29) is 43.5 Å². The van der Waals surface area contributed by atoms with Crippen LogP contribution in [-0.4, -0.2) is 29.4 Å². The van der Waals surface area contributed by atoms with Crippen molar-refractivity contribution in [3.05, 3.63) is 77.4 Å². The van der Waals surface area contributed by atoms with Gasteiger partial charge in [-0.2, -0.15) is 0 Å². The number of carbonyl (C=O) groups excluding carboxylic acids is 2. The molecule has 0 saturated carbocycles. The van der Waals surface area contributed by atoms with E-state index in [4.69, 9.17) is 0 Å². The van der Waals surface area contributed by atoms with Crippen molar-refractivity contribution in [3.8, 4) is 0 Å². The zero-order valence-electron chi connectivity index (χ0n) is 18.7. The molecule has 2 amide bonds. The molecule has 178 valence electrons. The van der Waals surface area contributed by atoms with Crippen molar-refractivity contribution >= 4 is 46.7 Å². The van der Waals surface area contributed by atoms with Crippen molar-refractivity contribution < 1.29 is 19.5 Å². The molecule has 3 aromatic rings. The molecule has 1 aliphatic heterocycles. The topological polar surface area (TPSA) is 108 Å². The van der Waals surface area contributed by atoms with Gasteiger partial charge in [0.05, 0.1) is 12.5 Å². The Morgan fingerprint density at radius 1 is 0.941 bits per heavy atom. The number of carbonyl (C=O) groups is 3. The summed E-state index contributed by atoms with van der Waals surface area (Å²) in [6.07, 6.45) is 0.711. The summed E-state index contributed by atoms with van der Waals surface area (Å²) in [5.74, 6) is -1.62. The van der Waals surface area contributed by atoms with Gasteiger partial charge < -0.3 is 21.1 Å². The minimum atomic E-state index is -1.01. The van der Waals surface area contributed by atoms with Crippen molar-refractivity contribution in [3.63, 3.8) is 0 Å². The highest BCUT2D eigenvalue weighted by atomic mass is 35.5. The highest BCUT2D eigenvalue weighted by Gasteiger charge is 2.20. The molecule has 0 radical (unpaired) electrons. The molecule has 1 unspecified atom stereocenters. The molecule has 0 aromatic heterocycles. The first kappa shape index (κ1) is 25.2. The van der Waals surface area contributed by atoms with E-state index in [0.29, 0.717) is 5.69 Å². The van der Waals surface area contributed by atoms with Crippen LogP contribution in [0.25, 0.3) is 10.8 Å². The van der Waals surface area contributed by atoms with Crippen molar-refractivity contribution in [2.45, 2.75) is 38.3 Å². The second-order valence-corrected chi connectivity index (χ2v) is 8.24. The molecule has 4 rings (SSSR count). The van der Waals surface area contributed by atoms with E-state index in [1.807, 2.05) is 60.7 Å². The quantitative estimate of drug-likeness (QED) is 0.389. The Kier molecular flexibility index (Phi) is 8.62. The minimum Gasteiger partial charge on any atom is -0.481 e. The number of rotatable bonds is 8. The van der Waals surface area contributed by atoms with Crippen LogP contribution in [0.1, 0.15) is 42.0 Å². The Hall–Kier alpha value is -3.42. The molecule has 34 heavy (non-hydrogen) atoms. The number of carboxylic acid groups (broad SMARTS) is 1. The Morgan fingerprint density at radius 2 is 1.71 bits per heavy atom. The van der Waals surface area contributed by atoms with Crippen LogP contribution in [0, 0.1) is 0 Å². The Bertz CT molecular complexity index is 1190. The number of hydrogen-bond donors (Lipinski definition) is 4. The van der Waals surface area contributed by atoms with E-state index >= 15 is 0 Å². The molecule has 1 heterocycles. The number of halogens is 1. The number of nitrogens with one attached hydrogen (secondary N) is 3. The Morgan fingerprint density at radius 3 is 2.53 bits per heavy atom. The van der Waals surface area contributed by atoms with Crippen LogP contribution in [0.3, 0.4) is 0 Å². The molecule has 3 aromatic carbocycles. The van der Waals surface area contributed by atoms with Gasteiger partial charge in [-0.3, -0.25) is 14.4 Å². The molecular weight excluding hydrogens is 454 g/mol. The van der Waals surface area contributed by atoms with Crippen LogP contribution in [0.2, 0.25) is 0 Å². The van der Waals surface area contributed by atoms with Crippen molar-refractivity contribution in [1.29, 1.82) is 0 Å². The first-order valence-corrected chi connectivity index (χ1v) is 11.1. The third-order valence-electron chi connectivity index (χ3n) is 5.87. The van der Waals surface area contributed by atoms with Crippen molar-refractivity contribution in [2.24, 2.45) is 0 Å². The van der Waals surface area contributed by atoms with Crippen LogP contribution < -0.4 is 16.0 Å². The molecule has 0 aliphatic carbocycles. The first-order valence-electron chi connectivity index (χ1n) is 11.1. The van der Waals surface area contributed by atoms with Gasteiger partial charge in [-0.15, -0.1) is 12.4 Å². The summed E-state index contributed by atoms with van der Waals surface area (Å²) in [5, 5.41) is 20.2. The van der Waals surface area contributed by atoms with Gasteiger partial charge in [-0.1, -0.05) is 48.5 Å². The number of hydrogen-bond acceptors (Lipinski definition) is 4. The average Bonchev–Trinajstić information content (AvgIpc) is 2.81. The maximum Gasteiger partial charge on any atom is 0.305 e. The summed E-state index contributed by atoms with van der Waals surface area (Å²) < 4.78 is 0. The van der Waals surface area contributed by atoms with Gasteiger partial charge in [0, 0.05) is 25.1 Å². The van der Waals surface area contributed by atoms with E-state index < -0.39 is 12.0 Å². The molecule has 0 fully saturated rings. The summed E-state index contributed by atoms with van der Waals surface area (Å²) in [4.78, 5) is 36.4. The summed E-state index contributed by atoms with van der Waals surface area (Å²) in [6, 6.07) is 18.5. The smallest absolute Gasteiger partial charge is 0.305 e. The Labute approximate surface area is 204 Å². The molecule has 0 spiro atoms. The zero-order valence-corrected chi connectivity index (χ0v) is 19.5. The molecule has 4 N–H and O–H groups in total. The van der Waals surface area contributed by atoms with Gasteiger partial charge >= 0.3 is 5.97 Å². The van der Waals surface area contributed by atoms with E-state index in [0.717, 1.165) is 35.8 Å². The van der Waals surface area contributed by atoms with E-state index in [2.05, 4.69) is 16.0 Å². The number of fused-ring (bicyclic) bond motifs is 2. The number of benzene rings is 3. The SMILES string of the molecule is Cl.O=C(O)CC(NC(=O)CCC(=O)Nc1ccc2c(c1)CNCC2)c1cccc2ccccc12. The van der Waals surface area contributed by atoms with Gasteiger partial charge in [0.2, 0.25) is 11.8 Å². The molecule has 8 heteroatoms. The summed E-state index contributed by atoms with van der Waals surface area (Å²) in [5.41, 5.74) is 3.91.